The van der Waals surface area contributed by atoms with Gasteiger partial charge in [0.2, 0.25) is 5.82 Å². The van der Waals surface area contributed by atoms with Crippen LogP contribution in [-0.4, -0.2) is 10.1 Å². The molecule has 0 aliphatic heterocycles. The highest BCUT2D eigenvalue weighted by Crippen LogP contribution is 2.23. The maximum atomic E-state index is 12.9. The fourth-order valence-electron chi connectivity index (χ4n) is 1.03. The van der Waals surface area contributed by atoms with Gasteiger partial charge in [0.25, 0.3) is 0 Å². The molecule has 0 spiro atoms. The zero-order chi connectivity index (χ0) is 10.8. The van der Waals surface area contributed by atoms with Crippen LogP contribution in [-0.2, 0) is 0 Å². The van der Waals surface area contributed by atoms with Gasteiger partial charge >= 0.3 is 6.01 Å². The first-order valence-corrected chi connectivity index (χ1v) is 4.34. The number of hydrazine groups is 1. The number of hydrogen-bond acceptors (Lipinski definition) is 5. The third-order valence-corrected chi connectivity index (χ3v) is 2.02. The Morgan fingerprint density at radius 2 is 2.27 bits per heavy atom. The van der Waals surface area contributed by atoms with Crippen LogP contribution in [0.2, 0.25) is 5.02 Å². The van der Waals surface area contributed by atoms with Crippen LogP contribution in [0, 0.1) is 5.82 Å². The summed E-state index contributed by atoms with van der Waals surface area (Å²) in [6.45, 7) is 0. The summed E-state index contributed by atoms with van der Waals surface area (Å²) in [6.07, 6.45) is 0. The van der Waals surface area contributed by atoms with Crippen molar-refractivity contribution in [3.8, 4) is 11.4 Å². The Bertz CT molecular complexity index is 487. The lowest BCUT2D eigenvalue weighted by atomic mass is 10.2. The van der Waals surface area contributed by atoms with E-state index in [1.807, 2.05) is 0 Å². The highest BCUT2D eigenvalue weighted by molar-refractivity contribution is 6.31. The number of nitrogens with one attached hydrogen (secondary N) is 1. The van der Waals surface area contributed by atoms with Crippen LogP contribution in [0.25, 0.3) is 11.4 Å². The van der Waals surface area contributed by atoms with Gasteiger partial charge in [-0.05, 0) is 18.2 Å². The van der Waals surface area contributed by atoms with Gasteiger partial charge in [-0.2, -0.15) is 4.98 Å². The van der Waals surface area contributed by atoms with E-state index >= 15 is 0 Å². The molecule has 1 aromatic carbocycles. The summed E-state index contributed by atoms with van der Waals surface area (Å²) in [5, 5.41) is 3.62. The van der Waals surface area contributed by atoms with Crippen molar-refractivity contribution in [1.29, 1.82) is 0 Å². The number of hydrogen-bond donors (Lipinski definition) is 2. The van der Waals surface area contributed by atoms with Gasteiger partial charge in [-0.25, -0.2) is 10.2 Å². The zero-order valence-corrected chi connectivity index (χ0v) is 8.12. The maximum absolute atomic E-state index is 12.9. The van der Waals surface area contributed by atoms with Crippen LogP contribution >= 0.6 is 11.6 Å². The number of nitrogens with two attached hydrogens (primary N) is 1. The molecule has 0 unspecified atom stereocenters. The minimum absolute atomic E-state index is 0.000410. The Hall–Kier alpha value is -1.66. The average Bonchev–Trinajstić information content (AvgIpc) is 2.70. The molecule has 0 radical (unpaired) electrons. The van der Waals surface area contributed by atoms with Gasteiger partial charge in [0.15, 0.2) is 0 Å². The van der Waals surface area contributed by atoms with Gasteiger partial charge in [0.05, 0.1) is 5.02 Å². The van der Waals surface area contributed by atoms with E-state index in [0.29, 0.717) is 5.56 Å². The van der Waals surface area contributed by atoms with E-state index in [1.165, 1.54) is 18.2 Å². The second-order valence-corrected chi connectivity index (χ2v) is 3.10. The van der Waals surface area contributed by atoms with Crippen molar-refractivity contribution in [3.05, 3.63) is 29.0 Å². The minimum Gasteiger partial charge on any atom is -0.314 e. The standard InChI is InChI=1S/C8H6ClFN4O/c9-5-3-4(1-2-6(5)10)7-12-8(13-11)15-14-7/h1-3H,11H2,(H,12,13,14). The van der Waals surface area contributed by atoms with E-state index in [4.69, 9.17) is 22.0 Å². The van der Waals surface area contributed by atoms with Gasteiger partial charge in [-0.1, -0.05) is 16.8 Å². The van der Waals surface area contributed by atoms with Crippen LogP contribution in [0.15, 0.2) is 22.7 Å². The van der Waals surface area contributed by atoms with Crippen LogP contribution in [0.3, 0.4) is 0 Å². The molecule has 2 rings (SSSR count). The quantitative estimate of drug-likeness (QED) is 0.606. The molecule has 0 aliphatic rings. The van der Waals surface area contributed by atoms with E-state index in [0.717, 1.165) is 0 Å². The molecule has 3 N–H and O–H groups in total. The zero-order valence-electron chi connectivity index (χ0n) is 7.37. The maximum Gasteiger partial charge on any atom is 0.335 e. The molecule has 7 heteroatoms. The van der Waals surface area contributed by atoms with Crippen molar-refractivity contribution >= 4 is 17.6 Å². The van der Waals surface area contributed by atoms with Gasteiger partial charge in [-0.15, -0.1) is 0 Å². The van der Waals surface area contributed by atoms with Crippen LogP contribution in [0.4, 0.5) is 10.4 Å². The van der Waals surface area contributed by atoms with Crippen molar-refractivity contribution in [2.75, 3.05) is 5.43 Å². The summed E-state index contributed by atoms with van der Waals surface area (Å²) in [6, 6.07) is 4.20. The van der Waals surface area contributed by atoms with Crippen molar-refractivity contribution in [1.82, 2.24) is 10.1 Å². The van der Waals surface area contributed by atoms with E-state index in [-0.39, 0.29) is 16.9 Å². The molecule has 1 heterocycles. The van der Waals surface area contributed by atoms with Gasteiger partial charge < -0.3 is 4.52 Å². The van der Waals surface area contributed by atoms with E-state index < -0.39 is 5.82 Å². The summed E-state index contributed by atoms with van der Waals surface area (Å²) in [5.74, 6) is 4.85. The minimum atomic E-state index is -0.499. The smallest absolute Gasteiger partial charge is 0.314 e. The second-order valence-electron chi connectivity index (χ2n) is 2.70. The Morgan fingerprint density at radius 1 is 1.47 bits per heavy atom. The van der Waals surface area contributed by atoms with Gasteiger partial charge in [-0.3, -0.25) is 5.43 Å². The van der Waals surface area contributed by atoms with Crippen LogP contribution in [0.1, 0.15) is 0 Å². The van der Waals surface area contributed by atoms with Gasteiger partial charge in [0, 0.05) is 5.56 Å². The molecule has 0 saturated carbocycles. The number of rotatable bonds is 2. The number of aromatic nitrogens is 2. The largest absolute Gasteiger partial charge is 0.335 e. The highest BCUT2D eigenvalue weighted by Gasteiger charge is 2.09. The molecule has 1 aromatic heterocycles. The molecule has 15 heavy (non-hydrogen) atoms. The normalized spacial score (nSPS) is 10.3. The molecular formula is C8H6ClFN4O. The highest BCUT2D eigenvalue weighted by atomic mass is 35.5. The number of nitrogen functional groups attached to an aromatic ring is 1. The lowest BCUT2D eigenvalue weighted by Gasteiger charge is -1.96. The molecule has 0 fully saturated rings. The first-order chi connectivity index (χ1) is 7.20. The van der Waals surface area contributed by atoms with Crippen molar-refractivity contribution in [2.45, 2.75) is 0 Å². The lowest BCUT2D eigenvalue weighted by molar-refractivity contribution is 0.432. The number of halogens is 2. The van der Waals surface area contributed by atoms with Crippen LogP contribution in [0.5, 0.6) is 0 Å². The molecule has 78 valence electrons. The number of nitrogens with zero attached hydrogens (tertiary/aromatic N) is 2. The SMILES string of the molecule is NNc1nc(-c2ccc(F)c(Cl)c2)no1. The average molecular weight is 229 g/mol. The molecule has 0 amide bonds. The van der Waals surface area contributed by atoms with Crippen LogP contribution < -0.4 is 11.3 Å². The first-order valence-electron chi connectivity index (χ1n) is 3.96. The fourth-order valence-corrected chi connectivity index (χ4v) is 1.22. The predicted octanol–water partition coefficient (Wildman–Crippen LogP) is 1.81. The summed E-state index contributed by atoms with van der Waals surface area (Å²) < 4.78 is 17.6. The Balaban J connectivity index is 2.40. The van der Waals surface area contributed by atoms with E-state index in [2.05, 4.69) is 15.6 Å². The molecular weight excluding hydrogens is 223 g/mol. The summed E-state index contributed by atoms with van der Waals surface area (Å²) in [7, 11) is 0. The molecule has 0 saturated heterocycles. The third kappa shape index (κ3) is 1.90. The summed E-state index contributed by atoms with van der Waals surface area (Å²) in [5.41, 5.74) is 2.74. The lowest BCUT2D eigenvalue weighted by Crippen LogP contribution is -2.06. The molecule has 0 aliphatic carbocycles. The van der Waals surface area contributed by atoms with Crippen molar-refractivity contribution < 1.29 is 8.91 Å². The van der Waals surface area contributed by atoms with Crippen molar-refractivity contribution in [3.63, 3.8) is 0 Å². The Kier molecular flexibility index (Phi) is 2.53. The van der Waals surface area contributed by atoms with Crippen molar-refractivity contribution in [2.24, 2.45) is 5.84 Å². The molecule has 5 nitrogen and oxygen atoms in total. The van der Waals surface area contributed by atoms with E-state index in [9.17, 15) is 4.39 Å². The molecule has 2 aromatic rings. The molecule has 0 bridgehead atoms. The van der Waals surface area contributed by atoms with Gasteiger partial charge in [0.1, 0.15) is 5.82 Å². The number of benzene rings is 1. The third-order valence-electron chi connectivity index (χ3n) is 1.73. The first kappa shape index (κ1) is 9.88. The monoisotopic (exact) mass is 228 g/mol. The topological polar surface area (TPSA) is 77.0 Å². The summed E-state index contributed by atoms with van der Waals surface area (Å²) >= 11 is 5.60. The summed E-state index contributed by atoms with van der Waals surface area (Å²) in [4.78, 5) is 3.87. The second kappa shape index (κ2) is 3.84. The Morgan fingerprint density at radius 3 is 2.87 bits per heavy atom. The number of anilines is 1. The predicted molar refractivity (Wildman–Crippen MR) is 52.5 cm³/mol. The fraction of sp³-hybridized carbons (Fsp3) is 0. The Labute approximate surface area is 89.0 Å². The molecule has 0 atom stereocenters. The van der Waals surface area contributed by atoms with E-state index in [1.54, 1.807) is 0 Å².